The van der Waals surface area contributed by atoms with Crippen molar-refractivity contribution in [3.8, 4) is 0 Å². The standard InChI is InChI=1S/C16H22N2O2/c1-10-4-6-11(7-5-10)18-14(19)16(17)12-8-9-20-13(12)15(16,2)3/h4-7,12-13H,8-9,17H2,1-3H3,(H,18,19). The summed E-state index contributed by atoms with van der Waals surface area (Å²) in [5, 5.41) is 2.96. The van der Waals surface area contributed by atoms with Crippen molar-refractivity contribution in [2.45, 2.75) is 38.8 Å². The molecule has 0 spiro atoms. The van der Waals surface area contributed by atoms with Gasteiger partial charge in [-0.15, -0.1) is 0 Å². The molecule has 1 aliphatic heterocycles. The molecule has 4 nitrogen and oxygen atoms in total. The number of nitrogens with two attached hydrogens (primary N) is 1. The quantitative estimate of drug-likeness (QED) is 0.867. The first-order chi connectivity index (χ1) is 9.37. The molecule has 3 atom stereocenters. The maximum atomic E-state index is 12.7. The Labute approximate surface area is 119 Å². The molecule has 1 saturated carbocycles. The Balaban J connectivity index is 1.81. The average Bonchev–Trinajstić information content (AvgIpc) is 2.88. The summed E-state index contributed by atoms with van der Waals surface area (Å²) in [7, 11) is 0. The van der Waals surface area contributed by atoms with Gasteiger partial charge in [-0.25, -0.2) is 0 Å². The first kappa shape index (κ1) is 13.6. The van der Waals surface area contributed by atoms with Crippen LogP contribution in [0.4, 0.5) is 5.69 Å². The molecule has 0 aromatic heterocycles. The Kier molecular flexibility index (Phi) is 2.92. The van der Waals surface area contributed by atoms with E-state index in [1.807, 2.05) is 45.0 Å². The van der Waals surface area contributed by atoms with Crippen LogP contribution in [0.25, 0.3) is 0 Å². The molecule has 0 bridgehead atoms. The highest BCUT2D eigenvalue weighted by Gasteiger charge is 2.71. The van der Waals surface area contributed by atoms with Crippen molar-refractivity contribution in [3.63, 3.8) is 0 Å². The number of ether oxygens (including phenoxy) is 1. The van der Waals surface area contributed by atoms with Gasteiger partial charge in [0, 0.05) is 23.6 Å². The lowest BCUT2D eigenvalue weighted by molar-refractivity contribution is -0.170. The third kappa shape index (κ3) is 1.64. The number of nitrogens with one attached hydrogen (secondary N) is 1. The molecular formula is C16H22N2O2. The first-order valence-corrected chi connectivity index (χ1v) is 7.16. The number of aryl methyl sites for hydroxylation is 1. The van der Waals surface area contributed by atoms with Gasteiger partial charge >= 0.3 is 0 Å². The fourth-order valence-corrected chi connectivity index (χ4v) is 3.72. The van der Waals surface area contributed by atoms with Crippen LogP contribution in [-0.2, 0) is 9.53 Å². The molecule has 2 fully saturated rings. The Morgan fingerprint density at radius 3 is 2.65 bits per heavy atom. The van der Waals surface area contributed by atoms with E-state index in [9.17, 15) is 4.79 Å². The van der Waals surface area contributed by atoms with E-state index in [1.54, 1.807) is 0 Å². The topological polar surface area (TPSA) is 64.4 Å². The maximum absolute atomic E-state index is 12.7. The lowest BCUT2D eigenvalue weighted by atomic mass is 9.48. The smallest absolute Gasteiger partial charge is 0.245 e. The highest BCUT2D eigenvalue weighted by atomic mass is 16.5. The molecule has 1 aromatic carbocycles. The van der Waals surface area contributed by atoms with Gasteiger partial charge in [-0.3, -0.25) is 4.79 Å². The van der Waals surface area contributed by atoms with E-state index >= 15 is 0 Å². The zero-order valence-electron chi connectivity index (χ0n) is 12.3. The molecule has 2 aliphatic rings. The predicted octanol–water partition coefficient (Wildman–Crippen LogP) is 2.08. The number of fused-ring (bicyclic) bond motifs is 1. The van der Waals surface area contributed by atoms with Gasteiger partial charge in [-0.2, -0.15) is 0 Å². The van der Waals surface area contributed by atoms with E-state index in [4.69, 9.17) is 10.5 Å². The van der Waals surface area contributed by atoms with Gasteiger partial charge < -0.3 is 15.8 Å². The van der Waals surface area contributed by atoms with Crippen LogP contribution in [-0.4, -0.2) is 24.2 Å². The molecule has 4 heteroatoms. The molecule has 1 aliphatic carbocycles. The monoisotopic (exact) mass is 274 g/mol. The van der Waals surface area contributed by atoms with Gasteiger partial charge in [0.1, 0.15) is 5.54 Å². The highest BCUT2D eigenvalue weighted by molar-refractivity contribution is 6.00. The lowest BCUT2D eigenvalue weighted by Crippen LogP contribution is -2.79. The SMILES string of the molecule is Cc1ccc(NC(=O)C2(N)C3CCOC3C2(C)C)cc1. The van der Waals surface area contributed by atoms with Gasteiger partial charge in [-0.05, 0) is 25.5 Å². The molecular weight excluding hydrogens is 252 g/mol. The molecule has 20 heavy (non-hydrogen) atoms. The third-order valence-electron chi connectivity index (χ3n) is 5.14. The summed E-state index contributed by atoms with van der Waals surface area (Å²) in [6.07, 6.45) is 0.975. The molecule has 108 valence electrons. The van der Waals surface area contributed by atoms with Gasteiger partial charge in [0.2, 0.25) is 5.91 Å². The Bertz CT molecular complexity index is 538. The molecule has 3 rings (SSSR count). The second-order valence-corrected chi connectivity index (χ2v) is 6.60. The number of amides is 1. The maximum Gasteiger partial charge on any atom is 0.245 e. The number of carbonyl (C=O) groups excluding carboxylic acids is 1. The van der Waals surface area contributed by atoms with E-state index in [2.05, 4.69) is 5.32 Å². The second-order valence-electron chi connectivity index (χ2n) is 6.60. The van der Waals surface area contributed by atoms with Crippen LogP contribution >= 0.6 is 0 Å². The van der Waals surface area contributed by atoms with Gasteiger partial charge in [0.05, 0.1) is 6.10 Å². The number of anilines is 1. The van der Waals surface area contributed by atoms with Gasteiger partial charge in [-0.1, -0.05) is 31.5 Å². The third-order valence-corrected chi connectivity index (χ3v) is 5.14. The van der Waals surface area contributed by atoms with E-state index in [1.165, 1.54) is 5.56 Å². The summed E-state index contributed by atoms with van der Waals surface area (Å²) >= 11 is 0. The fourth-order valence-electron chi connectivity index (χ4n) is 3.72. The minimum absolute atomic E-state index is 0.0990. The van der Waals surface area contributed by atoms with Gasteiger partial charge in [0.15, 0.2) is 0 Å². The first-order valence-electron chi connectivity index (χ1n) is 7.16. The van der Waals surface area contributed by atoms with Gasteiger partial charge in [0.25, 0.3) is 0 Å². The van der Waals surface area contributed by atoms with Crippen molar-refractivity contribution in [1.29, 1.82) is 0 Å². The molecule has 1 saturated heterocycles. The van der Waals surface area contributed by atoms with Crippen LogP contribution in [0, 0.1) is 18.3 Å². The minimum Gasteiger partial charge on any atom is -0.377 e. The Morgan fingerprint density at radius 1 is 1.35 bits per heavy atom. The molecule has 3 unspecified atom stereocenters. The van der Waals surface area contributed by atoms with E-state index in [-0.39, 0.29) is 23.3 Å². The summed E-state index contributed by atoms with van der Waals surface area (Å²) < 4.78 is 5.72. The average molecular weight is 274 g/mol. The molecule has 1 aromatic rings. The summed E-state index contributed by atoms with van der Waals surface area (Å²) in [6.45, 7) is 6.77. The molecule has 0 radical (unpaired) electrons. The summed E-state index contributed by atoms with van der Waals surface area (Å²) in [4.78, 5) is 12.7. The van der Waals surface area contributed by atoms with Crippen molar-refractivity contribution in [2.75, 3.05) is 11.9 Å². The molecule has 3 N–H and O–H groups in total. The van der Waals surface area contributed by atoms with Crippen molar-refractivity contribution in [3.05, 3.63) is 29.8 Å². The second kappa shape index (κ2) is 4.30. The fraction of sp³-hybridized carbons (Fsp3) is 0.562. The summed E-state index contributed by atoms with van der Waals surface area (Å²) in [5.41, 5.74) is 7.28. The van der Waals surface area contributed by atoms with Crippen LogP contribution in [0.5, 0.6) is 0 Å². The van der Waals surface area contributed by atoms with E-state index in [0.29, 0.717) is 6.61 Å². The molecule has 1 heterocycles. The van der Waals surface area contributed by atoms with E-state index < -0.39 is 5.54 Å². The molecule has 1 amide bonds. The van der Waals surface area contributed by atoms with E-state index in [0.717, 1.165) is 12.1 Å². The minimum atomic E-state index is -0.848. The number of carbonyl (C=O) groups is 1. The van der Waals surface area contributed by atoms with Crippen LogP contribution in [0.1, 0.15) is 25.8 Å². The zero-order chi connectivity index (χ0) is 14.5. The zero-order valence-corrected chi connectivity index (χ0v) is 12.3. The Hall–Kier alpha value is -1.39. The predicted molar refractivity (Wildman–Crippen MR) is 78.4 cm³/mol. The number of hydrogen-bond donors (Lipinski definition) is 2. The van der Waals surface area contributed by atoms with Crippen LogP contribution in [0.3, 0.4) is 0 Å². The summed E-state index contributed by atoms with van der Waals surface area (Å²) in [6, 6.07) is 7.77. The van der Waals surface area contributed by atoms with Crippen molar-refractivity contribution < 1.29 is 9.53 Å². The van der Waals surface area contributed by atoms with Crippen molar-refractivity contribution in [2.24, 2.45) is 17.1 Å². The summed E-state index contributed by atoms with van der Waals surface area (Å²) in [5.74, 6) is 0.0288. The van der Waals surface area contributed by atoms with Crippen molar-refractivity contribution >= 4 is 11.6 Å². The van der Waals surface area contributed by atoms with Crippen LogP contribution in [0.2, 0.25) is 0 Å². The van der Waals surface area contributed by atoms with Crippen LogP contribution < -0.4 is 11.1 Å². The highest BCUT2D eigenvalue weighted by Crippen LogP contribution is 2.58. The lowest BCUT2D eigenvalue weighted by Gasteiger charge is -2.60. The normalized spacial score (nSPS) is 34.2. The Morgan fingerprint density at radius 2 is 2.00 bits per heavy atom. The van der Waals surface area contributed by atoms with Crippen molar-refractivity contribution in [1.82, 2.24) is 0 Å². The number of rotatable bonds is 2. The number of benzene rings is 1. The number of hydrogen-bond acceptors (Lipinski definition) is 3. The van der Waals surface area contributed by atoms with Crippen LogP contribution in [0.15, 0.2) is 24.3 Å². The largest absolute Gasteiger partial charge is 0.377 e.